The summed E-state index contributed by atoms with van der Waals surface area (Å²) in [6.07, 6.45) is 0. The van der Waals surface area contributed by atoms with Gasteiger partial charge in [0.2, 0.25) is 11.7 Å². The third-order valence-corrected chi connectivity index (χ3v) is 3.25. The number of carbonyl (C=O) groups is 1. The predicted molar refractivity (Wildman–Crippen MR) is 88.6 cm³/mol. The Labute approximate surface area is 138 Å². The van der Waals surface area contributed by atoms with Crippen LogP contribution in [0.3, 0.4) is 0 Å². The van der Waals surface area contributed by atoms with Crippen molar-refractivity contribution in [1.82, 2.24) is 15.5 Å². The van der Waals surface area contributed by atoms with Gasteiger partial charge in [0, 0.05) is 11.3 Å². The third-order valence-electron chi connectivity index (χ3n) is 3.25. The molecule has 3 aromatic rings. The number of hydrogen-bond acceptors (Lipinski definition) is 5. The van der Waals surface area contributed by atoms with E-state index in [4.69, 9.17) is 9.26 Å². The summed E-state index contributed by atoms with van der Waals surface area (Å²) in [7, 11) is 1.60. The number of anilines is 1. The first-order valence-electron chi connectivity index (χ1n) is 7.31. The molecule has 0 aliphatic rings. The van der Waals surface area contributed by atoms with Gasteiger partial charge in [0.15, 0.2) is 0 Å². The van der Waals surface area contributed by atoms with Crippen LogP contribution in [-0.4, -0.2) is 23.3 Å². The Bertz CT molecular complexity index is 800. The summed E-state index contributed by atoms with van der Waals surface area (Å²) in [6.45, 7) is 0.141. The quantitative estimate of drug-likeness (QED) is 0.753. The number of nitrogens with one attached hydrogen (secondary N) is 2. The molecule has 2 N–H and O–H groups in total. The number of methoxy groups -OCH3 is 1. The predicted octanol–water partition coefficient (Wildman–Crippen LogP) is 3.07. The molecular weight excluding hydrogens is 308 g/mol. The van der Waals surface area contributed by atoms with Gasteiger partial charge in [0.05, 0.1) is 13.7 Å². The Balaban J connectivity index is 1.56. The molecule has 1 aromatic heterocycles. The van der Waals surface area contributed by atoms with Gasteiger partial charge in [-0.05, 0) is 36.4 Å². The van der Waals surface area contributed by atoms with Crippen LogP contribution in [0.4, 0.5) is 10.5 Å². The maximum absolute atomic E-state index is 11.8. The summed E-state index contributed by atoms with van der Waals surface area (Å²) >= 11 is 0. The second-order valence-corrected chi connectivity index (χ2v) is 4.91. The molecule has 0 radical (unpaired) electrons. The minimum absolute atomic E-state index is 0.141. The van der Waals surface area contributed by atoms with Crippen LogP contribution < -0.4 is 15.4 Å². The van der Waals surface area contributed by atoms with E-state index in [1.165, 1.54) is 0 Å². The highest BCUT2D eigenvalue weighted by Gasteiger charge is 2.10. The maximum Gasteiger partial charge on any atom is 0.319 e. The van der Waals surface area contributed by atoms with Gasteiger partial charge in [-0.3, -0.25) is 0 Å². The van der Waals surface area contributed by atoms with Gasteiger partial charge in [-0.1, -0.05) is 23.4 Å². The molecule has 0 spiro atoms. The van der Waals surface area contributed by atoms with Crippen molar-refractivity contribution in [2.24, 2.45) is 0 Å². The van der Waals surface area contributed by atoms with Gasteiger partial charge in [0.1, 0.15) is 5.75 Å². The van der Waals surface area contributed by atoms with Crippen molar-refractivity contribution in [2.75, 3.05) is 12.4 Å². The van der Waals surface area contributed by atoms with E-state index in [9.17, 15) is 4.79 Å². The molecule has 7 heteroatoms. The monoisotopic (exact) mass is 324 g/mol. The highest BCUT2D eigenvalue weighted by Crippen LogP contribution is 2.19. The number of benzene rings is 2. The Hall–Kier alpha value is -3.35. The molecular formula is C17H16N4O3. The SMILES string of the molecule is COc1ccc(-c2noc(CNC(=O)Nc3ccccc3)n2)cc1. The number of rotatable bonds is 5. The second kappa shape index (κ2) is 7.28. The van der Waals surface area contributed by atoms with E-state index in [2.05, 4.69) is 20.8 Å². The molecule has 0 bridgehead atoms. The number of amides is 2. The lowest BCUT2D eigenvalue weighted by Crippen LogP contribution is -2.28. The summed E-state index contributed by atoms with van der Waals surface area (Å²) in [5.41, 5.74) is 1.51. The van der Waals surface area contributed by atoms with Crippen molar-refractivity contribution in [3.8, 4) is 17.1 Å². The first kappa shape index (κ1) is 15.5. The zero-order valence-corrected chi connectivity index (χ0v) is 13.0. The first-order chi connectivity index (χ1) is 11.7. The molecule has 0 unspecified atom stereocenters. The molecule has 24 heavy (non-hydrogen) atoms. The fourth-order valence-electron chi connectivity index (χ4n) is 2.04. The lowest BCUT2D eigenvalue weighted by atomic mass is 10.2. The van der Waals surface area contributed by atoms with E-state index in [0.29, 0.717) is 17.4 Å². The van der Waals surface area contributed by atoms with Crippen LogP contribution in [0.25, 0.3) is 11.4 Å². The highest BCUT2D eigenvalue weighted by molar-refractivity contribution is 5.89. The lowest BCUT2D eigenvalue weighted by molar-refractivity contribution is 0.249. The number of aromatic nitrogens is 2. The molecule has 2 aromatic carbocycles. The van der Waals surface area contributed by atoms with Crippen LogP contribution in [0, 0.1) is 0 Å². The van der Waals surface area contributed by atoms with Crippen LogP contribution in [0.2, 0.25) is 0 Å². The number of hydrogen-bond donors (Lipinski definition) is 2. The minimum atomic E-state index is -0.342. The summed E-state index contributed by atoms with van der Waals surface area (Å²) in [4.78, 5) is 16.1. The van der Waals surface area contributed by atoms with Gasteiger partial charge in [0.25, 0.3) is 0 Å². The van der Waals surface area contributed by atoms with Crippen LogP contribution in [0.5, 0.6) is 5.75 Å². The summed E-state index contributed by atoms with van der Waals surface area (Å²) in [5.74, 6) is 1.53. The zero-order chi connectivity index (χ0) is 16.8. The van der Waals surface area contributed by atoms with Crippen molar-refractivity contribution in [2.45, 2.75) is 6.54 Å². The van der Waals surface area contributed by atoms with E-state index in [0.717, 1.165) is 11.3 Å². The molecule has 0 saturated carbocycles. The fraction of sp³-hybridized carbons (Fsp3) is 0.118. The number of para-hydroxylation sites is 1. The average Bonchev–Trinajstić information content (AvgIpc) is 3.10. The average molecular weight is 324 g/mol. The number of urea groups is 1. The smallest absolute Gasteiger partial charge is 0.319 e. The van der Waals surface area contributed by atoms with E-state index < -0.39 is 0 Å². The standard InChI is InChI=1S/C17H16N4O3/c1-23-14-9-7-12(8-10-14)16-20-15(24-21-16)11-18-17(22)19-13-5-3-2-4-6-13/h2-10H,11H2,1H3,(H2,18,19,22). The molecule has 0 atom stereocenters. The van der Waals surface area contributed by atoms with Crippen LogP contribution in [-0.2, 0) is 6.54 Å². The summed E-state index contributed by atoms with van der Waals surface area (Å²) in [6, 6.07) is 16.1. The molecule has 7 nitrogen and oxygen atoms in total. The largest absolute Gasteiger partial charge is 0.497 e. The van der Waals surface area contributed by atoms with Gasteiger partial charge in [-0.2, -0.15) is 4.98 Å². The Kier molecular flexibility index (Phi) is 4.71. The summed E-state index contributed by atoms with van der Waals surface area (Å²) < 4.78 is 10.2. The molecule has 1 heterocycles. The maximum atomic E-state index is 11.8. The minimum Gasteiger partial charge on any atom is -0.497 e. The van der Waals surface area contributed by atoms with Gasteiger partial charge >= 0.3 is 6.03 Å². The topological polar surface area (TPSA) is 89.3 Å². The van der Waals surface area contributed by atoms with Crippen molar-refractivity contribution in [3.05, 3.63) is 60.5 Å². The molecule has 122 valence electrons. The van der Waals surface area contributed by atoms with Crippen LogP contribution in [0.15, 0.2) is 59.1 Å². The molecule has 0 aliphatic carbocycles. The van der Waals surface area contributed by atoms with Crippen molar-refractivity contribution >= 4 is 11.7 Å². The molecule has 3 rings (SSSR count). The van der Waals surface area contributed by atoms with Gasteiger partial charge in [-0.25, -0.2) is 4.79 Å². The Morgan fingerprint density at radius 3 is 2.58 bits per heavy atom. The molecule has 0 fully saturated rings. The van der Waals surface area contributed by atoms with E-state index in [1.807, 2.05) is 42.5 Å². The highest BCUT2D eigenvalue weighted by atomic mass is 16.5. The van der Waals surface area contributed by atoms with Crippen molar-refractivity contribution in [1.29, 1.82) is 0 Å². The van der Waals surface area contributed by atoms with Crippen molar-refractivity contribution in [3.63, 3.8) is 0 Å². The number of nitrogens with zero attached hydrogens (tertiary/aromatic N) is 2. The van der Waals surface area contributed by atoms with Crippen LogP contribution >= 0.6 is 0 Å². The third kappa shape index (κ3) is 3.89. The number of ether oxygens (including phenoxy) is 1. The Morgan fingerprint density at radius 1 is 1.12 bits per heavy atom. The zero-order valence-electron chi connectivity index (χ0n) is 13.0. The lowest BCUT2D eigenvalue weighted by Gasteiger charge is -2.05. The fourth-order valence-corrected chi connectivity index (χ4v) is 2.04. The van der Waals surface area contributed by atoms with Gasteiger partial charge in [-0.15, -0.1) is 0 Å². The number of carbonyl (C=O) groups excluding carboxylic acids is 1. The molecule has 2 amide bonds. The van der Waals surface area contributed by atoms with E-state index in [1.54, 1.807) is 19.2 Å². The van der Waals surface area contributed by atoms with E-state index >= 15 is 0 Å². The van der Waals surface area contributed by atoms with E-state index in [-0.39, 0.29) is 12.6 Å². The molecule has 0 aliphatic heterocycles. The first-order valence-corrected chi connectivity index (χ1v) is 7.31. The van der Waals surface area contributed by atoms with Crippen LogP contribution in [0.1, 0.15) is 5.89 Å². The molecule has 0 saturated heterocycles. The summed E-state index contributed by atoms with van der Waals surface area (Å²) in [5, 5.41) is 9.28. The normalized spacial score (nSPS) is 10.2. The van der Waals surface area contributed by atoms with Gasteiger partial charge < -0.3 is 19.9 Å². The van der Waals surface area contributed by atoms with Crippen molar-refractivity contribution < 1.29 is 14.1 Å². The second-order valence-electron chi connectivity index (χ2n) is 4.91. The Morgan fingerprint density at radius 2 is 1.88 bits per heavy atom.